The van der Waals surface area contributed by atoms with Crippen LogP contribution in [0.4, 0.5) is 0 Å². The number of hydrogen-bond donors (Lipinski definition) is 1. The van der Waals surface area contributed by atoms with Crippen molar-refractivity contribution in [1.29, 1.82) is 0 Å². The Labute approximate surface area is 116 Å². The monoisotopic (exact) mass is 262 g/mol. The van der Waals surface area contributed by atoms with Gasteiger partial charge in [-0.15, -0.1) is 0 Å². The van der Waals surface area contributed by atoms with Crippen LogP contribution < -0.4 is 0 Å². The summed E-state index contributed by atoms with van der Waals surface area (Å²) in [6.45, 7) is 11.0. The molecule has 3 atom stereocenters. The molecule has 3 nitrogen and oxygen atoms in total. The fourth-order valence-corrected chi connectivity index (χ4v) is 3.66. The largest absolute Gasteiger partial charge is 0.381 e. The summed E-state index contributed by atoms with van der Waals surface area (Å²) in [7, 11) is 1.84. The molecule has 1 aromatic rings. The molecule has 1 fully saturated rings. The smallest absolute Gasteiger partial charge is 0.106 e. The molecule has 1 saturated carbocycles. The lowest BCUT2D eigenvalue weighted by atomic mass is 9.62. The van der Waals surface area contributed by atoms with E-state index >= 15 is 0 Å². The lowest BCUT2D eigenvalue weighted by Crippen LogP contribution is -2.46. The molecule has 0 bridgehead atoms. The highest BCUT2D eigenvalue weighted by Gasteiger charge is 2.44. The number of aromatic nitrogens is 2. The summed E-state index contributed by atoms with van der Waals surface area (Å²) in [5.41, 5.74) is 1.49. The van der Waals surface area contributed by atoms with E-state index < -0.39 is 0 Å². The summed E-state index contributed by atoms with van der Waals surface area (Å²) in [6, 6.07) is 0. The van der Waals surface area contributed by atoms with Gasteiger partial charge in [0, 0.05) is 25.9 Å². The van der Waals surface area contributed by atoms with Crippen LogP contribution in [0.2, 0.25) is 0 Å². The predicted octanol–water partition coefficient (Wildman–Crippen LogP) is 3.60. The third-order valence-electron chi connectivity index (χ3n) is 4.65. The normalized spacial score (nSPS) is 30.2. The van der Waals surface area contributed by atoms with E-state index in [9.17, 15) is 0 Å². The van der Waals surface area contributed by atoms with Crippen molar-refractivity contribution >= 4 is 0 Å². The van der Waals surface area contributed by atoms with Gasteiger partial charge in [-0.1, -0.05) is 26.0 Å². The quantitative estimate of drug-likeness (QED) is 0.842. The van der Waals surface area contributed by atoms with Gasteiger partial charge in [0.2, 0.25) is 0 Å². The van der Waals surface area contributed by atoms with Gasteiger partial charge in [-0.05, 0) is 37.0 Å². The van der Waals surface area contributed by atoms with Gasteiger partial charge in [-0.2, -0.15) is 0 Å². The fraction of sp³-hybridized carbons (Fsp3) is 0.688. The van der Waals surface area contributed by atoms with Crippen molar-refractivity contribution in [2.24, 2.45) is 17.3 Å². The Kier molecular flexibility index (Phi) is 4.14. The molecule has 2 rings (SSSR count). The van der Waals surface area contributed by atoms with E-state index in [0.717, 1.165) is 12.2 Å². The second-order valence-electron chi connectivity index (χ2n) is 6.54. The van der Waals surface area contributed by atoms with E-state index in [0.29, 0.717) is 11.8 Å². The Morgan fingerprint density at radius 3 is 2.84 bits per heavy atom. The first-order valence-electron chi connectivity index (χ1n) is 7.12. The van der Waals surface area contributed by atoms with Crippen LogP contribution in [0.1, 0.15) is 39.4 Å². The molecular weight excluding hydrogens is 236 g/mol. The highest BCUT2D eigenvalue weighted by atomic mass is 16.5. The molecule has 1 aliphatic rings. The summed E-state index contributed by atoms with van der Waals surface area (Å²) in [5, 5.41) is 0. The zero-order valence-electron chi connectivity index (χ0n) is 12.6. The van der Waals surface area contributed by atoms with Gasteiger partial charge in [0.1, 0.15) is 5.82 Å². The number of nitrogens with one attached hydrogen (secondary N) is 1. The first kappa shape index (κ1) is 14.3. The van der Waals surface area contributed by atoms with E-state index in [1.165, 1.54) is 18.4 Å². The van der Waals surface area contributed by atoms with Crippen LogP contribution in [-0.4, -0.2) is 23.2 Å². The van der Waals surface area contributed by atoms with E-state index in [1.54, 1.807) is 0 Å². The zero-order valence-corrected chi connectivity index (χ0v) is 12.6. The average Bonchev–Trinajstić information content (AvgIpc) is 2.81. The predicted molar refractivity (Wildman–Crippen MR) is 77.9 cm³/mol. The molecule has 0 spiro atoms. The third kappa shape index (κ3) is 2.92. The minimum Gasteiger partial charge on any atom is -0.381 e. The molecule has 1 N–H and O–H groups in total. The number of aromatic amines is 1. The number of H-pyrrole nitrogens is 1. The molecule has 3 unspecified atom stereocenters. The highest BCUT2D eigenvalue weighted by molar-refractivity contribution is 5.08. The van der Waals surface area contributed by atoms with Crippen LogP contribution in [0, 0.1) is 17.3 Å². The number of allylic oxidation sites excluding steroid dienone is 1. The molecule has 0 aromatic carbocycles. The fourth-order valence-electron chi connectivity index (χ4n) is 3.66. The SMILES string of the molecule is C=C(C)C1CCC(C)(C)C(OC)C1Cc1ncc[nH]1. The molecular formula is C16H26N2O. The van der Waals surface area contributed by atoms with Crippen molar-refractivity contribution in [3.63, 3.8) is 0 Å². The molecule has 3 heteroatoms. The number of hydrogen-bond acceptors (Lipinski definition) is 2. The minimum atomic E-state index is 0.220. The first-order valence-corrected chi connectivity index (χ1v) is 7.12. The summed E-state index contributed by atoms with van der Waals surface area (Å²) >= 11 is 0. The molecule has 1 aliphatic carbocycles. The Morgan fingerprint density at radius 2 is 2.32 bits per heavy atom. The van der Waals surface area contributed by atoms with E-state index in [4.69, 9.17) is 4.74 Å². The molecule has 0 aliphatic heterocycles. The van der Waals surface area contributed by atoms with Gasteiger partial charge in [0.25, 0.3) is 0 Å². The van der Waals surface area contributed by atoms with E-state index in [2.05, 4.69) is 37.3 Å². The van der Waals surface area contributed by atoms with Crippen LogP contribution in [0.15, 0.2) is 24.5 Å². The maximum absolute atomic E-state index is 5.87. The molecule has 0 radical (unpaired) electrons. The summed E-state index contributed by atoms with van der Waals surface area (Å²) in [6.07, 6.45) is 7.30. The van der Waals surface area contributed by atoms with Crippen molar-refractivity contribution in [1.82, 2.24) is 9.97 Å². The van der Waals surface area contributed by atoms with Crippen LogP contribution in [-0.2, 0) is 11.2 Å². The first-order chi connectivity index (χ1) is 8.95. The van der Waals surface area contributed by atoms with Crippen LogP contribution in [0.5, 0.6) is 0 Å². The minimum absolute atomic E-state index is 0.220. The number of ether oxygens (including phenoxy) is 1. The summed E-state index contributed by atoms with van der Waals surface area (Å²) in [5.74, 6) is 2.04. The van der Waals surface area contributed by atoms with Gasteiger partial charge in [-0.25, -0.2) is 4.98 Å². The maximum atomic E-state index is 5.87. The number of nitrogens with zero attached hydrogens (tertiary/aromatic N) is 1. The Hall–Kier alpha value is -1.09. The number of rotatable bonds is 4. The van der Waals surface area contributed by atoms with E-state index in [-0.39, 0.29) is 11.5 Å². The van der Waals surface area contributed by atoms with Crippen LogP contribution >= 0.6 is 0 Å². The molecule has 19 heavy (non-hydrogen) atoms. The van der Waals surface area contributed by atoms with Gasteiger partial charge < -0.3 is 9.72 Å². The van der Waals surface area contributed by atoms with Crippen LogP contribution in [0.3, 0.4) is 0 Å². The van der Waals surface area contributed by atoms with Gasteiger partial charge in [0.05, 0.1) is 6.10 Å². The Morgan fingerprint density at radius 1 is 1.58 bits per heavy atom. The molecule has 106 valence electrons. The van der Waals surface area contributed by atoms with E-state index in [1.807, 2.05) is 19.5 Å². The standard InChI is InChI=1S/C16H26N2O/c1-11(2)12-6-7-16(3,4)15(19-5)13(12)10-14-17-8-9-18-14/h8-9,12-13,15H,1,6-7,10H2,2-5H3,(H,17,18). The van der Waals surface area contributed by atoms with Gasteiger partial charge in [-0.3, -0.25) is 0 Å². The zero-order chi connectivity index (χ0) is 14.0. The maximum Gasteiger partial charge on any atom is 0.106 e. The van der Waals surface area contributed by atoms with Crippen molar-refractivity contribution in [2.75, 3.05) is 7.11 Å². The number of imidazole rings is 1. The second-order valence-corrected chi connectivity index (χ2v) is 6.54. The second kappa shape index (κ2) is 5.49. The molecule has 0 saturated heterocycles. The Balaban J connectivity index is 2.26. The lowest BCUT2D eigenvalue weighted by Gasteiger charge is -2.47. The molecule has 1 aromatic heterocycles. The summed E-state index contributed by atoms with van der Waals surface area (Å²) < 4.78 is 5.87. The van der Waals surface area contributed by atoms with Crippen molar-refractivity contribution in [2.45, 2.75) is 46.1 Å². The number of methoxy groups -OCH3 is 1. The van der Waals surface area contributed by atoms with Crippen molar-refractivity contribution in [3.05, 3.63) is 30.4 Å². The average molecular weight is 262 g/mol. The van der Waals surface area contributed by atoms with Crippen molar-refractivity contribution < 1.29 is 4.74 Å². The van der Waals surface area contributed by atoms with Crippen molar-refractivity contribution in [3.8, 4) is 0 Å². The van der Waals surface area contributed by atoms with Gasteiger partial charge >= 0.3 is 0 Å². The third-order valence-corrected chi connectivity index (χ3v) is 4.65. The molecule has 1 heterocycles. The summed E-state index contributed by atoms with van der Waals surface area (Å²) in [4.78, 5) is 7.60. The Bertz CT molecular complexity index is 422. The topological polar surface area (TPSA) is 37.9 Å². The van der Waals surface area contributed by atoms with Gasteiger partial charge in [0.15, 0.2) is 0 Å². The lowest BCUT2D eigenvalue weighted by molar-refractivity contribution is -0.0788. The molecule has 0 amide bonds. The van der Waals surface area contributed by atoms with Crippen LogP contribution in [0.25, 0.3) is 0 Å². The highest BCUT2D eigenvalue weighted by Crippen LogP contribution is 2.46.